The summed E-state index contributed by atoms with van der Waals surface area (Å²) in [5, 5.41) is 0. The largest absolute Gasteiger partial charge is 0.524 e. The molecule has 8 heteroatoms. The lowest BCUT2D eigenvalue weighted by Crippen LogP contribution is -2.42. The van der Waals surface area contributed by atoms with Gasteiger partial charge in [-0.25, -0.2) is 0 Å². The fraction of sp³-hybridized carbons (Fsp3) is 1.00. The van der Waals surface area contributed by atoms with Gasteiger partial charge in [0.25, 0.3) is 0 Å². The molecule has 0 saturated heterocycles. The van der Waals surface area contributed by atoms with Gasteiger partial charge in [0.15, 0.2) is 5.79 Å². The van der Waals surface area contributed by atoms with Crippen LogP contribution in [0.1, 0.15) is 32.6 Å². The zero-order valence-corrected chi connectivity index (χ0v) is 8.99. The van der Waals surface area contributed by atoms with E-state index < -0.39 is 31.4 Å². The van der Waals surface area contributed by atoms with E-state index in [1.807, 2.05) is 0 Å². The minimum atomic E-state index is -5.14. The van der Waals surface area contributed by atoms with Crippen LogP contribution in [0, 0.1) is 5.92 Å². The molecule has 102 valence electrons. The molecule has 1 aliphatic carbocycles. The van der Waals surface area contributed by atoms with Crippen LogP contribution in [0.5, 0.6) is 0 Å². The lowest BCUT2D eigenvalue weighted by molar-refractivity contribution is -0.477. The SMILES string of the molecule is CCC1CCC(OC(F)(F)F)(OC(F)(F)F)C1. The van der Waals surface area contributed by atoms with Crippen LogP contribution < -0.4 is 0 Å². The summed E-state index contributed by atoms with van der Waals surface area (Å²) >= 11 is 0. The van der Waals surface area contributed by atoms with Crippen LogP contribution in [-0.4, -0.2) is 18.5 Å². The summed E-state index contributed by atoms with van der Waals surface area (Å²) in [7, 11) is 0. The molecule has 0 radical (unpaired) electrons. The molecular formula is C9H12F6O2. The van der Waals surface area contributed by atoms with Gasteiger partial charge in [0, 0.05) is 12.8 Å². The van der Waals surface area contributed by atoms with Crippen LogP contribution in [0.2, 0.25) is 0 Å². The molecule has 1 unspecified atom stereocenters. The standard InChI is InChI=1S/C9H12F6O2/c1-2-6-3-4-7(5-6,16-8(10,11)12)17-9(13,14)15/h6H,2-5H2,1H3. The Hall–Kier alpha value is -0.500. The Morgan fingerprint density at radius 3 is 1.82 bits per heavy atom. The minimum absolute atomic E-state index is 0.225. The Labute approximate surface area is 93.9 Å². The fourth-order valence-electron chi connectivity index (χ4n) is 2.04. The van der Waals surface area contributed by atoms with Gasteiger partial charge < -0.3 is 0 Å². The molecule has 0 aromatic heterocycles. The van der Waals surface area contributed by atoms with E-state index in [1.54, 1.807) is 6.92 Å². The van der Waals surface area contributed by atoms with Gasteiger partial charge in [-0.1, -0.05) is 13.3 Å². The van der Waals surface area contributed by atoms with Gasteiger partial charge >= 0.3 is 12.7 Å². The highest BCUT2D eigenvalue weighted by Crippen LogP contribution is 2.46. The predicted molar refractivity (Wildman–Crippen MR) is 44.6 cm³/mol. The smallest absolute Gasteiger partial charge is 0.259 e. The number of hydrogen-bond donors (Lipinski definition) is 0. The number of ether oxygens (including phenoxy) is 2. The lowest BCUT2D eigenvalue weighted by Gasteiger charge is -2.31. The van der Waals surface area contributed by atoms with E-state index in [0.29, 0.717) is 6.42 Å². The van der Waals surface area contributed by atoms with Crippen LogP contribution in [0.25, 0.3) is 0 Å². The molecule has 1 aliphatic rings. The highest BCUT2D eigenvalue weighted by Gasteiger charge is 2.54. The topological polar surface area (TPSA) is 18.5 Å². The summed E-state index contributed by atoms with van der Waals surface area (Å²) in [5.74, 6) is -2.86. The summed E-state index contributed by atoms with van der Waals surface area (Å²) in [6.45, 7) is 1.70. The third kappa shape index (κ3) is 4.71. The van der Waals surface area contributed by atoms with Crippen molar-refractivity contribution in [3.8, 4) is 0 Å². The molecular weight excluding hydrogens is 254 g/mol. The normalized spacial score (nSPS) is 25.2. The van der Waals surface area contributed by atoms with Crippen molar-refractivity contribution < 1.29 is 35.8 Å². The van der Waals surface area contributed by atoms with Crippen molar-refractivity contribution in [2.75, 3.05) is 0 Å². The van der Waals surface area contributed by atoms with Crippen molar-refractivity contribution in [2.45, 2.75) is 51.1 Å². The monoisotopic (exact) mass is 266 g/mol. The predicted octanol–water partition coefficient (Wildman–Crippen LogP) is 3.97. The summed E-state index contributed by atoms with van der Waals surface area (Å²) in [6, 6.07) is 0. The lowest BCUT2D eigenvalue weighted by atomic mass is 10.1. The molecule has 1 saturated carbocycles. The second kappa shape index (κ2) is 4.64. The molecule has 0 amide bonds. The quantitative estimate of drug-likeness (QED) is 0.568. The molecule has 0 N–H and O–H groups in total. The third-order valence-corrected chi connectivity index (χ3v) is 2.71. The van der Waals surface area contributed by atoms with E-state index in [2.05, 4.69) is 9.47 Å². The first kappa shape index (κ1) is 14.6. The number of halogens is 6. The molecule has 1 atom stereocenters. The number of hydrogen-bond acceptors (Lipinski definition) is 2. The van der Waals surface area contributed by atoms with E-state index in [-0.39, 0.29) is 12.3 Å². The van der Waals surface area contributed by atoms with Crippen molar-refractivity contribution >= 4 is 0 Å². The van der Waals surface area contributed by atoms with Crippen molar-refractivity contribution in [3.05, 3.63) is 0 Å². The highest BCUT2D eigenvalue weighted by atomic mass is 19.4. The van der Waals surface area contributed by atoms with Gasteiger partial charge in [0.2, 0.25) is 0 Å². The van der Waals surface area contributed by atoms with Crippen molar-refractivity contribution in [2.24, 2.45) is 5.92 Å². The van der Waals surface area contributed by atoms with Crippen LogP contribution in [0.4, 0.5) is 26.3 Å². The third-order valence-electron chi connectivity index (χ3n) is 2.71. The number of rotatable bonds is 3. The van der Waals surface area contributed by atoms with Crippen molar-refractivity contribution in [1.82, 2.24) is 0 Å². The van der Waals surface area contributed by atoms with E-state index in [4.69, 9.17) is 0 Å². The van der Waals surface area contributed by atoms with Crippen LogP contribution in [0.3, 0.4) is 0 Å². The Morgan fingerprint density at radius 1 is 1.06 bits per heavy atom. The van der Waals surface area contributed by atoms with Gasteiger partial charge in [0.1, 0.15) is 0 Å². The fourth-order valence-corrected chi connectivity index (χ4v) is 2.04. The van der Waals surface area contributed by atoms with Gasteiger partial charge in [-0.15, -0.1) is 26.3 Å². The Morgan fingerprint density at radius 2 is 1.53 bits per heavy atom. The van der Waals surface area contributed by atoms with Crippen LogP contribution in [-0.2, 0) is 9.47 Å². The van der Waals surface area contributed by atoms with Crippen molar-refractivity contribution in [3.63, 3.8) is 0 Å². The van der Waals surface area contributed by atoms with E-state index in [0.717, 1.165) is 0 Å². The molecule has 2 nitrogen and oxygen atoms in total. The average molecular weight is 266 g/mol. The molecule has 1 rings (SSSR count). The van der Waals surface area contributed by atoms with Gasteiger partial charge in [-0.2, -0.15) is 0 Å². The maximum atomic E-state index is 12.1. The molecule has 0 aromatic carbocycles. The second-order valence-corrected chi connectivity index (χ2v) is 4.02. The summed E-state index contributed by atoms with van der Waals surface area (Å²) in [5.41, 5.74) is 0. The van der Waals surface area contributed by atoms with Crippen LogP contribution >= 0.6 is 0 Å². The first-order valence-electron chi connectivity index (χ1n) is 5.09. The molecule has 1 fully saturated rings. The highest BCUT2D eigenvalue weighted by molar-refractivity contribution is 4.84. The minimum Gasteiger partial charge on any atom is -0.259 e. The van der Waals surface area contributed by atoms with E-state index in [9.17, 15) is 26.3 Å². The Bertz CT molecular complexity index is 243. The Balaban J connectivity index is 2.79. The zero-order chi connectivity index (χ0) is 13.3. The first-order valence-corrected chi connectivity index (χ1v) is 5.09. The van der Waals surface area contributed by atoms with E-state index in [1.165, 1.54) is 0 Å². The summed E-state index contributed by atoms with van der Waals surface area (Å²) < 4.78 is 79.6. The first-order chi connectivity index (χ1) is 7.55. The maximum Gasteiger partial charge on any atom is 0.524 e. The molecule has 0 bridgehead atoms. The van der Waals surface area contributed by atoms with Gasteiger partial charge in [0.05, 0.1) is 0 Å². The van der Waals surface area contributed by atoms with Crippen molar-refractivity contribution in [1.29, 1.82) is 0 Å². The second-order valence-electron chi connectivity index (χ2n) is 4.02. The van der Waals surface area contributed by atoms with Gasteiger partial charge in [-0.05, 0) is 12.3 Å². The maximum absolute atomic E-state index is 12.1. The summed E-state index contributed by atoms with van der Waals surface area (Å²) in [6.07, 6.45) is -10.4. The van der Waals surface area contributed by atoms with E-state index >= 15 is 0 Å². The zero-order valence-electron chi connectivity index (χ0n) is 8.99. The van der Waals surface area contributed by atoms with Crippen LogP contribution in [0.15, 0.2) is 0 Å². The number of alkyl halides is 6. The Kier molecular flexibility index (Phi) is 3.97. The molecule has 0 spiro atoms. The van der Waals surface area contributed by atoms with Gasteiger partial charge in [-0.3, -0.25) is 9.47 Å². The molecule has 0 aliphatic heterocycles. The molecule has 0 aromatic rings. The average Bonchev–Trinajstić information content (AvgIpc) is 2.41. The summed E-state index contributed by atoms with van der Waals surface area (Å²) in [4.78, 5) is 0. The molecule has 0 heterocycles. The molecule has 17 heavy (non-hydrogen) atoms.